The first-order chi connectivity index (χ1) is 14.9. The van der Waals surface area contributed by atoms with Gasteiger partial charge in [-0.25, -0.2) is 4.79 Å². The molecule has 158 valence electrons. The molecule has 4 rings (SSSR count). The minimum Gasteiger partial charge on any atom is -0.328 e. The molecule has 10 heteroatoms. The van der Waals surface area contributed by atoms with Crippen LogP contribution in [0.5, 0.6) is 0 Å². The number of aromatic amines is 2. The van der Waals surface area contributed by atoms with E-state index in [1.807, 2.05) is 19.1 Å². The first kappa shape index (κ1) is 20.5. The van der Waals surface area contributed by atoms with Crippen molar-refractivity contribution in [2.45, 2.75) is 24.9 Å². The van der Waals surface area contributed by atoms with Gasteiger partial charge in [0, 0.05) is 17.3 Å². The molecule has 1 aliphatic rings. The van der Waals surface area contributed by atoms with Crippen molar-refractivity contribution in [1.82, 2.24) is 30.6 Å². The zero-order valence-electron chi connectivity index (χ0n) is 16.5. The second-order valence-corrected chi connectivity index (χ2v) is 7.54. The molecule has 2 amide bonds. The Bertz CT molecular complexity index is 1250. The third-order valence-electron chi connectivity index (χ3n) is 5.09. The molecule has 2 heterocycles. The molecule has 2 aromatic heterocycles. The van der Waals surface area contributed by atoms with Gasteiger partial charge in [0.15, 0.2) is 5.78 Å². The van der Waals surface area contributed by atoms with E-state index in [4.69, 9.17) is 11.6 Å². The van der Waals surface area contributed by atoms with E-state index in [9.17, 15) is 14.4 Å². The van der Waals surface area contributed by atoms with Crippen LogP contribution in [0.4, 0.5) is 4.79 Å². The molecule has 9 nitrogen and oxygen atoms in total. The number of halogens is 1. The van der Waals surface area contributed by atoms with Gasteiger partial charge in [-0.15, -0.1) is 11.6 Å². The number of hydrogen-bond acceptors (Lipinski definition) is 5. The van der Waals surface area contributed by atoms with Crippen LogP contribution in [0.1, 0.15) is 24.2 Å². The molecule has 2 atom stereocenters. The van der Waals surface area contributed by atoms with Crippen molar-refractivity contribution in [3.8, 4) is 0 Å². The fourth-order valence-corrected chi connectivity index (χ4v) is 3.65. The summed E-state index contributed by atoms with van der Waals surface area (Å²) >= 11 is 5.98. The van der Waals surface area contributed by atoms with E-state index in [1.165, 1.54) is 24.4 Å². The number of benzene rings is 1. The molecule has 0 saturated carbocycles. The van der Waals surface area contributed by atoms with Crippen LogP contribution in [-0.2, 0) is 11.3 Å². The second-order valence-electron chi connectivity index (χ2n) is 7.07. The number of nitrogens with one attached hydrogen (secondary N) is 3. The number of carbonyl (C=O) groups is 2. The average Bonchev–Trinajstić information content (AvgIpc) is 3.28. The van der Waals surface area contributed by atoms with Crippen molar-refractivity contribution in [3.05, 3.63) is 82.2 Å². The van der Waals surface area contributed by atoms with Crippen LogP contribution in [-0.4, -0.2) is 42.5 Å². The van der Waals surface area contributed by atoms with Crippen LogP contribution < -0.4 is 10.9 Å². The lowest BCUT2D eigenvalue weighted by molar-refractivity contribution is -0.113. The van der Waals surface area contributed by atoms with E-state index in [0.29, 0.717) is 16.8 Å². The number of pyridine rings is 1. The van der Waals surface area contributed by atoms with E-state index >= 15 is 0 Å². The molecule has 0 spiro atoms. The fourth-order valence-electron chi connectivity index (χ4n) is 3.44. The summed E-state index contributed by atoms with van der Waals surface area (Å²) in [5.41, 5.74) is 1.56. The predicted octanol–water partition coefficient (Wildman–Crippen LogP) is 2.55. The van der Waals surface area contributed by atoms with Crippen LogP contribution in [0.25, 0.3) is 10.8 Å². The fraction of sp³-hybridized carbons (Fsp3) is 0.190. The van der Waals surface area contributed by atoms with Gasteiger partial charge in [-0.3, -0.25) is 9.59 Å². The summed E-state index contributed by atoms with van der Waals surface area (Å²) in [5, 5.41) is 13.6. The Kier molecular flexibility index (Phi) is 5.68. The van der Waals surface area contributed by atoms with Gasteiger partial charge in [0.05, 0.1) is 18.8 Å². The molecule has 0 fully saturated rings. The van der Waals surface area contributed by atoms with Crippen molar-refractivity contribution in [2.75, 3.05) is 0 Å². The van der Waals surface area contributed by atoms with E-state index in [0.717, 1.165) is 10.9 Å². The zero-order valence-corrected chi connectivity index (χ0v) is 17.3. The number of hydrogen-bond donors (Lipinski definition) is 3. The highest BCUT2D eigenvalue weighted by molar-refractivity contribution is 6.34. The number of rotatable bonds is 5. The summed E-state index contributed by atoms with van der Waals surface area (Å²) in [6.45, 7) is 2.02. The van der Waals surface area contributed by atoms with E-state index < -0.39 is 17.5 Å². The van der Waals surface area contributed by atoms with Crippen LogP contribution in [0.2, 0.25) is 0 Å². The first-order valence-corrected chi connectivity index (χ1v) is 9.98. The van der Waals surface area contributed by atoms with Gasteiger partial charge in [0.25, 0.3) is 5.56 Å². The van der Waals surface area contributed by atoms with Gasteiger partial charge in [0.1, 0.15) is 11.1 Å². The van der Waals surface area contributed by atoms with Gasteiger partial charge in [0.2, 0.25) is 0 Å². The molecule has 3 aromatic rings. The van der Waals surface area contributed by atoms with Gasteiger partial charge in [-0.1, -0.05) is 18.2 Å². The van der Waals surface area contributed by atoms with Gasteiger partial charge in [-0.05, 0) is 42.2 Å². The number of carbonyl (C=O) groups excluding carboxylic acids is 2. The summed E-state index contributed by atoms with van der Waals surface area (Å²) in [6.07, 6.45) is 7.47. The van der Waals surface area contributed by atoms with E-state index in [-0.39, 0.29) is 17.9 Å². The number of nitrogens with zero attached hydrogens (tertiary/aromatic N) is 3. The Morgan fingerprint density at radius 1 is 1.26 bits per heavy atom. The molecule has 3 N–H and O–H groups in total. The highest BCUT2D eigenvalue weighted by Gasteiger charge is 2.26. The van der Waals surface area contributed by atoms with Gasteiger partial charge < -0.3 is 15.2 Å². The number of alkyl halides is 1. The molecule has 0 saturated heterocycles. The SMILES string of the molecule is CC(c1c[nH]c(=O)c2ccccc12)N(Cc1cn[nH]n1)C(=O)NC1=CC(Cl)C(=O)C=C1. The maximum atomic E-state index is 13.2. The molecular weight excluding hydrogens is 420 g/mol. The van der Waals surface area contributed by atoms with Crippen LogP contribution in [0.3, 0.4) is 0 Å². The number of allylic oxidation sites excluding steroid dienone is 3. The maximum absolute atomic E-state index is 13.2. The van der Waals surface area contributed by atoms with Crippen LogP contribution >= 0.6 is 11.6 Å². The standard InChI is InChI=1S/C21H19ClN6O3/c1-12(17-10-23-20(30)16-5-3-2-4-15(16)17)28(11-14-9-24-27-26-14)21(31)25-13-6-7-19(29)18(22)8-13/h2-10,12,18H,11H2,1H3,(H,23,30)(H,25,31)(H,24,26,27). The Morgan fingerprint density at radius 2 is 2.03 bits per heavy atom. The Labute approximate surface area is 181 Å². The molecular formula is C21H19ClN6O3. The lowest BCUT2D eigenvalue weighted by Crippen LogP contribution is -2.41. The summed E-state index contributed by atoms with van der Waals surface area (Å²) in [4.78, 5) is 41.3. The van der Waals surface area contributed by atoms with Crippen molar-refractivity contribution in [1.29, 1.82) is 0 Å². The molecule has 0 bridgehead atoms. The van der Waals surface area contributed by atoms with E-state index in [1.54, 1.807) is 23.2 Å². The lowest BCUT2D eigenvalue weighted by atomic mass is 10.0. The van der Waals surface area contributed by atoms with Crippen molar-refractivity contribution < 1.29 is 9.59 Å². The average molecular weight is 439 g/mol. The van der Waals surface area contributed by atoms with Crippen LogP contribution in [0.15, 0.2) is 65.4 Å². The van der Waals surface area contributed by atoms with Gasteiger partial charge >= 0.3 is 6.03 Å². The van der Waals surface area contributed by atoms with E-state index in [2.05, 4.69) is 25.7 Å². The third-order valence-corrected chi connectivity index (χ3v) is 5.43. The topological polar surface area (TPSA) is 124 Å². The summed E-state index contributed by atoms with van der Waals surface area (Å²) < 4.78 is 0. The third kappa shape index (κ3) is 4.26. The molecule has 1 aromatic carbocycles. The molecule has 31 heavy (non-hydrogen) atoms. The van der Waals surface area contributed by atoms with Crippen molar-refractivity contribution in [3.63, 3.8) is 0 Å². The molecule has 0 aliphatic heterocycles. The smallest absolute Gasteiger partial charge is 0.322 e. The number of urea groups is 1. The first-order valence-electron chi connectivity index (χ1n) is 9.54. The minimum atomic E-state index is -0.829. The monoisotopic (exact) mass is 438 g/mol. The predicted molar refractivity (Wildman–Crippen MR) is 115 cm³/mol. The largest absolute Gasteiger partial charge is 0.328 e. The summed E-state index contributed by atoms with van der Waals surface area (Å²) in [7, 11) is 0. The normalized spacial score (nSPS) is 16.8. The Balaban J connectivity index is 1.68. The maximum Gasteiger partial charge on any atom is 0.322 e. The van der Waals surface area contributed by atoms with Crippen molar-refractivity contribution >= 4 is 34.2 Å². The Morgan fingerprint density at radius 3 is 2.74 bits per heavy atom. The number of fused-ring (bicyclic) bond motifs is 1. The number of ketones is 1. The minimum absolute atomic E-state index is 0.164. The lowest BCUT2D eigenvalue weighted by Gasteiger charge is -2.30. The Hall–Kier alpha value is -3.72. The molecule has 2 unspecified atom stereocenters. The highest BCUT2D eigenvalue weighted by Crippen LogP contribution is 2.27. The van der Waals surface area contributed by atoms with Crippen LogP contribution in [0, 0.1) is 0 Å². The van der Waals surface area contributed by atoms with Gasteiger partial charge in [-0.2, -0.15) is 15.4 Å². The van der Waals surface area contributed by atoms with Crippen molar-refractivity contribution in [2.24, 2.45) is 0 Å². The molecule has 0 radical (unpaired) electrons. The summed E-state index contributed by atoms with van der Waals surface area (Å²) in [5.74, 6) is -0.243. The second kappa shape index (κ2) is 8.57. The number of H-pyrrole nitrogens is 2. The molecule has 1 aliphatic carbocycles. The highest BCUT2D eigenvalue weighted by atomic mass is 35.5. The number of amides is 2. The number of aromatic nitrogens is 4. The summed E-state index contributed by atoms with van der Waals surface area (Å²) in [6, 6.07) is 6.37. The quantitative estimate of drug-likeness (QED) is 0.528. The zero-order chi connectivity index (χ0) is 22.0.